The summed E-state index contributed by atoms with van der Waals surface area (Å²) in [5, 5.41) is 3.01. The fraction of sp³-hybridized carbons (Fsp3) is 0.562. The summed E-state index contributed by atoms with van der Waals surface area (Å²) in [4.78, 5) is 30.3. The molecule has 1 aromatic heterocycles. The predicted molar refractivity (Wildman–Crippen MR) is 84.8 cm³/mol. The van der Waals surface area contributed by atoms with Gasteiger partial charge in [-0.25, -0.2) is 4.98 Å². The first-order chi connectivity index (χ1) is 10.7. The molecule has 6 heteroatoms. The lowest BCUT2D eigenvalue weighted by Crippen LogP contribution is -2.38. The second-order valence-corrected chi connectivity index (χ2v) is 5.83. The highest BCUT2D eigenvalue weighted by atomic mass is 16.1. The van der Waals surface area contributed by atoms with E-state index in [0.29, 0.717) is 25.3 Å². The number of aromatic nitrogens is 2. The topological polar surface area (TPSA) is 101 Å². The largest absolute Gasteiger partial charge is 0.353 e. The van der Waals surface area contributed by atoms with Crippen molar-refractivity contribution < 1.29 is 9.59 Å². The van der Waals surface area contributed by atoms with Crippen LogP contribution in [0.25, 0.3) is 6.08 Å². The third kappa shape index (κ3) is 5.44. The van der Waals surface area contributed by atoms with E-state index in [9.17, 15) is 9.59 Å². The number of nitrogens with one attached hydrogen (secondary N) is 2. The molecule has 4 N–H and O–H groups in total. The van der Waals surface area contributed by atoms with Gasteiger partial charge >= 0.3 is 0 Å². The van der Waals surface area contributed by atoms with E-state index in [4.69, 9.17) is 5.73 Å². The second-order valence-electron chi connectivity index (χ2n) is 5.83. The Morgan fingerprint density at radius 1 is 1.36 bits per heavy atom. The van der Waals surface area contributed by atoms with Gasteiger partial charge in [0.05, 0.1) is 18.2 Å². The fourth-order valence-electron chi connectivity index (χ4n) is 2.83. The van der Waals surface area contributed by atoms with Crippen molar-refractivity contribution in [1.29, 1.82) is 0 Å². The Hall–Kier alpha value is -1.95. The van der Waals surface area contributed by atoms with E-state index in [2.05, 4.69) is 15.3 Å². The molecule has 22 heavy (non-hydrogen) atoms. The van der Waals surface area contributed by atoms with Crippen molar-refractivity contribution in [2.24, 2.45) is 11.7 Å². The van der Waals surface area contributed by atoms with Crippen LogP contribution in [-0.4, -0.2) is 34.2 Å². The Bertz CT molecular complexity index is 502. The molecule has 1 aliphatic carbocycles. The molecule has 0 aromatic carbocycles. The van der Waals surface area contributed by atoms with Crippen LogP contribution in [0.3, 0.4) is 0 Å². The van der Waals surface area contributed by atoms with Crippen molar-refractivity contribution in [3.63, 3.8) is 0 Å². The fourth-order valence-corrected chi connectivity index (χ4v) is 2.83. The Kier molecular flexibility index (Phi) is 6.33. The molecule has 0 saturated heterocycles. The molecule has 0 unspecified atom stereocenters. The van der Waals surface area contributed by atoms with E-state index in [1.165, 1.54) is 0 Å². The van der Waals surface area contributed by atoms with Crippen molar-refractivity contribution in [3.05, 3.63) is 24.3 Å². The van der Waals surface area contributed by atoms with Crippen LogP contribution in [-0.2, 0) is 9.59 Å². The molecular weight excluding hydrogens is 280 g/mol. The first-order valence-corrected chi connectivity index (χ1v) is 7.86. The third-order valence-electron chi connectivity index (χ3n) is 4.04. The zero-order valence-corrected chi connectivity index (χ0v) is 12.8. The number of imidazole rings is 1. The molecule has 120 valence electrons. The Morgan fingerprint density at radius 2 is 2.14 bits per heavy atom. The zero-order valence-electron chi connectivity index (χ0n) is 12.8. The molecule has 1 aliphatic rings. The number of hydrogen-bond donors (Lipinski definition) is 3. The van der Waals surface area contributed by atoms with E-state index < -0.39 is 0 Å². The van der Waals surface area contributed by atoms with Crippen LogP contribution in [0.1, 0.15) is 44.2 Å². The normalized spacial score (nSPS) is 21.9. The molecule has 1 amide bonds. The highest BCUT2D eigenvalue weighted by Gasteiger charge is 2.23. The van der Waals surface area contributed by atoms with Gasteiger partial charge in [0, 0.05) is 25.4 Å². The van der Waals surface area contributed by atoms with Gasteiger partial charge in [-0.3, -0.25) is 9.59 Å². The molecule has 1 saturated carbocycles. The maximum atomic E-state index is 11.9. The smallest absolute Gasteiger partial charge is 0.221 e. The number of H-pyrrole nitrogens is 1. The predicted octanol–water partition coefficient (Wildman–Crippen LogP) is 1.41. The Labute approximate surface area is 130 Å². The molecule has 0 bridgehead atoms. The van der Waals surface area contributed by atoms with Gasteiger partial charge in [0.2, 0.25) is 5.91 Å². The van der Waals surface area contributed by atoms with E-state index in [1.54, 1.807) is 24.7 Å². The summed E-state index contributed by atoms with van der Waals surface area (Å²) in [6.45, 7) is 0.387. The minimum atomic E-state index is 0.0320. The lowest BCUT2D eigenvalue weighted by molar-refractivity contribution is -0.122. The summed E-state index contributed by atoms with van der Waals surface area (Å²) < 4.78 is 0. The van der Waals surface area contributed by atoms with E-state index in [-0.39, 0.29) is 17.7 Å². The van der Waals surface area contributed by atoms with Crippen molar-refractivity contribution in [3.8, 4) is 0 Å². The SMILES string of the molecule is NCCC(=O)NC1CCC(CC(=O)/C=C/c2cnc[nH]2)CC1. The molecule has 0 atom stereocenters. The lowest BCUT2D eigenvalue weighted by atomic mass is 9.83. The highest BCUT2D eigenvalue weighted by Crippen LogP contribution is 2.27. The summed E-state index contributed by atoms with van der Waals surface area (Å²) in [6, 6.07) is 0.242. The van der Waals surface area contributed by atoms with Crippen LogP contribution in [0.4, 0.5) is 0 Å². The van der Waals surface area contributed by atoms with Crippen LogP contribution in [0, 0.1) is 5.92 Å². The highest BCUT2D eigenvalue weighted by molar-refractivity contribution is 5.93. The molecule has 2 rings (SSSR count). The standard InChI is InChI=1S/C16H24N4O2/c17-8-7-16(22)20-13-3-1-12(2-4-13)9-15(21)6-5-14-10-18-11-19-14/h5-6,10-13H,1-4,7-9,17H2,(H,18,19)(H,20,22)/b6-5+. The maximum absolute atomic E-state index is 11.9. The number of hydrogen-bond acceptors (Lipinski definition) is 4. The quantitative estimate of drug-likeness (QED) is 0.663. The Morgan fingerprint density at radius 3 is 2.77 bits per heavy atom. The van der Waals surface area contributed by atoms with Gasteiger partial charge in [-0.05, 0) is 43.8 Å². The maximum Gasteiger partial charge on any atom is 0.221 e. The zero-order chi connectivity index (χ0) is 15.8. The molecule has 1 aromatic rings. The molecule has 0 radical (unpaired) electrons. The van der Waals surface area contributed by atoms with E-state index in [1.807, 2.05) is 0 Å². The van der Waals surface area contributed by atoms with E-state index >= 15 is 0 Å². The number of aromatic amines is 1. The number of ketones is 1. The van der Waals surface area contributed by atoms with Crippen molar-refractivity contribution in [2.45, 2.75) is 44.6 Å². The minimum absolute atomic E-state index is 0.0320. The average molecular weight is 304 g/mol. The van der Waals surface area contributed by atoms with Gasteiger partial charge in [-0.15, -0.1) is 0 Å². The lowest BCUT2D eigenvalue weighted by Gasteiger charge is -2.28. The molecular formula is C16H24N4O2. The number of allylic oxidation sites excluding steroid dienone is 1. The minimum Gasteiger partial charge on any atom is -0.353 e. The summed E-state index contributed by atoms with van der Waals surface area (Å²) in [6.07, 6.45) is 11.5. The van der Waals surface area contributed by atoms with Crippen molar-refractivity contribution in [2.75, 3.05) is 6.54 Å². The van der Waals surface area contributed by atoms with Crippen LogP contribution < -0.4 is 11.1 Å². The Balaban J connectivity index is 1.68. The van der Waals surface area contributed by atoms with Crippen LogP contribution in [0.15, 0.2) is 18.6 Å². The molecule has 1 fully saturated rings. The number of rotatable bonds is 7. The number of carbonyl (C=O) groups excluding carboxylic acids is 2. The van der Waals surface area contributed by atoms with Gasteiger partial charge in [-0.2, -0.15) is 0 Å². The molecule has 1 heterocycles. The van der Waals surface area contributed by atoms with Gasteiger partial charge in [0.1, 0.15) is 0 Å². The van der Waals surface area contributed by atoms with Gasteiger partial charge < -0.3 is 16.0 Å². The second kappa shape index (κ2) is 8.48. The van der Waals surface area contributed by atoms with Gasteiger partial charge in [0.15, 0.2) is 5.78 Å². The van der Waals surface area contributed by atoms with E-state index in [0.717, 1.165) is 31.4 Å². The summed E-state index contributed by atoms with van der Waals surface area (Å²) in [7, 11) is 0. The summed E-state index contributed by atoms with van der Waals surface area (Å²) in [5.41, 5.74) is 6.20. The molecule has 0 aliphatic heterocycles. The number of amides is 1. The summed E-state index contributed by atoms with van der Waals surface area (Å²) in [5.74, 6) is 0.594. The number of nitrogens with two attached hydrogens (primary N) is 1. The first-order valence-electron chi connectivity index (χ1n) is 7.86. The van der Waals surface area contributed by atoms with Crippen LogP contribution in [0.2, 0.25) is 0 Å². The van der Waals surface area contributed by atoms with Gasteiger partial charge in [-0.1, -0.05) is 0 Å². The number of nitrogens with zero attached hydrogens (tertiary/aromatic N) is 1. The first kappa shape index (κ1) is 16.4. The van der Waals surface area contributed by atoms with Crippen LogP contribution in [0.5, 0.6) is 0 Å². The summed E-state index contributed by atoms with van der Waals surface area (Å²) >= 11 is 0. The average Bonchev–Trinajstić information content (AvgIpc) is 3.01. The monoisotopic (exact) mass is 304 g/mol. The van der Waals surface area contributed by atoms with Gasteiger partial charge in [0.25, 0.3) is 0 Å². The van der Waals surface area contributed by atoms with Crippen molar-refractivity contribution >= 4 is 17.8 Å². The van der Waals surface area contributed by atoms with Crippen LogP contribution >= 0.6 is 0 Å². The molecule has 6 nitrogen and oxygen atoms in total. The van der Waals surface area contributed by atoms with Crippen molar-refractivity contribution in [1.82, 2.24) is 15.3 Å². The third-order valence-corrected chi connectivity index (χ3v) is 4.04. The number of carbonyl (C=O) groups is 2. The molecule has 0 spiro atoms.